The minimum Gasteiger partial charge on any atom is -0.465 e. The van der Waals surface area contributed by atoms with Crippen LogP contribution in [0.25, 0.3) is 0 Å². The topological polar surface area (TPSA) is 67.4 Å². The summed E-state index contributed by atoms with van der Waals surface area (Å²) in [4.78, 5) is 24.9. The third-order valence-corrected chi connectivity index (χ3v) is 4.71. The Morgan fingerprint density at radius 3 is 2.61 bits per heavy atom. The number of esters is 1. The van der Waals surface area contributed by atoms with E-state index in [9.17, 15) is 9.59 Å². The average Bonchev–Trinajstić information content (AvgIpc) is 2.87. The van der Waals surface area contributed by atoms with Gasteiger partial charge in [0.15, 0.2) is 0 Å². The smallest absolute Gasteiger partial charge is 0.339 e. The number of hydrogen-bond acceptors (Lipinski definition) is 4. The minimum absolute atomic E-state index is 0.328. The fourth-order valence-corrected chi connectivity index (χ4v) is 3.09. The summed E-state index contributed by atoms with van der Waals surface area (Å²) in [5.74, 6) is -0.481. The molecule has 6 heteroatoms. The lowest BCUT2D eigenvalue weighted by atomic mass is 10.1. The molecule has 0 radical (unpaired) electrons. The second-order valence-electron chi connectivity index (χ2n) is 5.11. The van der Waals surface area contributed by atoms with Gasteiger partial charge in [0.1, 0.15) is 0 Å². The number of urea groups is 1. The molecular weight excluding hydrogens is 312 g/mol. The summed E-state index contributed by atoms with van der Waals surface area (Å²) >= 11 is 1.72. The van der Waals surface area contributed by atoms with Gasteiger partial charge in [-0.25, -0.2) is 9.59 Å². The Morgan fingerprint density at radius 2 is 1.96 bits per heavy atom. The van der Waals surface area contributed by atoms with E-state index in [-0.39, 0.29) is 6.03 Å². The van der Waals surface area contributed by atoms with Crippen LogP contribution in [0.15, 0.2) is 29.6 Å². The molecule has 0 aliphatic carbocycles. The molecule has 0 unspecified atom stereocenters. The number of carbonyl (C=O) groups is 2. The van der Waals surface area contributed by atoms with E-state index >= 15 is 0 Å². The molecule has 2 amide bonds. The van der Waals surface area contributed by atoms with Crippen LogP contribution in [0, 0.1) is 13.8 Å². The number of thiophene rings is 1. The Labute approximate surface area is 139 Å². The summed E-state index contributed by atoms with van der Waals surface area (Å²) in [7, 11) is 1.31. The normalized spacial score (nSPS) is 10.2. The summed E-state index contributed by atoms with van der Waals surface area (Å²) in [5, 5.41) is 7.61. The van der Waals surface area contributed by atoms with Crippen LogP contribution in [0.3, 0.4) is 0 Å². The maximum absolute atomic E-state index is 12.0. The van der Waals surface area contributed by atoms with Crippen LogP contribution in [0.2, 0.25) is 0 Å². The zero-order valence-electron chi connectivity index (χ0n) is 13.4. The first-order valence-corrected chi connectivity index (χ1v) is 8.16. The van der Waals surface area contributed by atoms with E-state index in [1.807, 2.05) is 0 Å². The van der Waals surface area contributed by atoms with E-state index in [1.165, 1.54) is 23.1 Å². The number of methoxy groups -OCH3 is 1. The van der Waals surface area contributed by atoms with Crippen LogP contribution in [-0.2, 0) is 11.2 Å². The fourth-order valence-electron chi connectivity index (χ4n) is 2.17. The molecule has 0 saturated heterocycles. The lowest BCUT2D eigenvalue weighted by Gasteiger charge is -2.10. The fraction of sp³-hybridized carbons (Fsp3) is 0.294. The Balaban J connectivity index is 1.90. The Kier molecular flexibility index (Phi) is 5.76. The second-order valence-corrected chi connectivity index (χ2v) is 6.19. The lowest BCUT2D eigenvalue weighted by Crippen LogP contribution is -2.31. The van der Waals surface area contributed by atoms with Crippen LogP contribution < -0.4 is 10.6 Å². The van der Waals surface area contributed by atoms with Gasteiger partial charge in [0.2, 0.25) is 0 Å². The van der Waals surface area contributed by atoms with Gasteiger partial charge in [-0.3, -0.25) is 0 Å². The predicted molar refractivity (Wildman–Crippen MR) is 92.3 cm³/mol. The molecule has 0 bridgehead atoms. The number of carbonyl (C=O) groups excluding carboxylic acids is 2. The zero-order valence-corrected chi connectivity index (χ0v) is 14.3. The Morgan fingerprint density at radius 1 is 1.22 bits per heavy atom. The van der Waals surface area contributed by atoms with Crippen molar-refractivity contribution in [3.05, 3.63) is 51.2 Å². The van der Waals surface area contributed by atoms with Crippen molar-refractivity contribution in [2.24, 2.45) is 0 Å². The highest BCUT2D eigenvalue weighted by Crippen LogP contribution is 2.20. The molecule has 2 N–H and O–H groups in total. The van der Waals surface area contributed by atoms with E-state index in [1.54, 1.807) is 35.6 Å². The number of anilines is 1. The molecule has 5 nitrogen and oxygen atoms in total. The van der Waals surface area contributed by atoms with Gasteiger partial charge in [-0.05, 0) is 48.9 Å². The van der Waals surface area contributed by atoms with Gasteiger partial charge >= 0.3 is 12.0 Å². The number of benzene rings is 1. The summed E-state index contributed by atoms with van der Waals surface area (Å²) in [5.41, 5.74) is 3.30. The van der Waals surface area contributed by atoms with Gasteiger partial charge in [0.05, 0.1) is 18.4 Å². The number of rotatable bonds is 5. The quantitative estimate of drug-likeness (QED) is 0.823. The van der Waals surface area contributed by atoms with Gasteiger partial charge < -0.3 is 15.4 Å². The molecule has 1 aromatic carbocycles. The molecule has 1 aromatic heterocycles. The second kappa shape index (κ2) is 7.78. The SMILES string of the molecule is COC(=O)c1ccccc1NC(=O)NCCc1csc(C)c1C. The average molecular weight is 332 g/mol. The van der Waals surface area contributed by atoms with E-state index in [0.717, 1.165) is 6.42 Å². The largest absolute Gasteiger partial charge is 0.465 e. The highest BCUT2D eigenvalue weighted by Gasteiger charge is 2.13. The molecule has 0 spiro atoms. The third-order valence-electron chi connectivity index (χ3n) is 3.65. The van der Waals surface area contributed by atoms with Crippen molar-refractivity contribution >= 4 is 29.0 Å². The van der Waals surface area contributed by atoms with Crippen molar-refractivity contribution in [3.63, 3.8) is 0 Å². The number of amides is 2. The molecule has 23 heavy (non-hydrogen) atoms. The van der Waals surface area contributed by atoms with Crippen molar-refractivity contribution in [2.45, 2.75) is 20.3 Å². The predicted octanol–water partition coefficient (Wildman–Crippen LogP) is 3.52. The van der Waals surface area contributed by atoms with Crippen LogP contribution >= 0.6 is 11.3 Å². The number of hydrogen-bond donors (Lipinski definition) is 2. The molecule has 0 saturated carbocycles. The summed E-state index contributed by atoms with van der Waals surface area (Å²) in [6.45, 7) is 4.71. The van der Waals surface area contributed by atoms with Gasteiger partial charge in [-0.1, -0.05) is 12.1 Å². The molecular formula is C17H20N2O3S. The standard InChI is InChI=1S/C17H20N2O3S/c1-11-12(2)23-10-13(11)8-9-18-17(21)19-15-7-5-4-6-14(15)16(20)22-3/h4-7,10H,8-9H2,1-3H3,(H2,18,19,21). The van der Waals surface area contributed by atoms with E-state index < -0.39 is 5.97 Å². The number of para-hydroxylation sites is 1. The molecule has 0 fully saturated rings. The van der Waals surface area contributed by atoms with Gasteiger partial charge in [-0.2, -0.15) is 0 Å². The van der Waals surface area contributed by atoms with Crippen molar-refractivity contribution in [3.8, 4) is 0 Å². The first-order valence-electron chi connectivity index (χ1n) is 7.28. The van der Waals surface area contributed by atoms with Crippen molar-refractivity contribution in [1.82, 2.24) is 5.32 Å². The van der Waals surface area contributed by atoms with Crippen LogP contribution in [0.1, 0.15) is 26.4 Å². The zero-order chi connectivity index (χ0) is 16.8. The highest BCUT2D eigenvalue weighted by molar-refractivity contribution is 7.10. The molecule has 0 aliphatic heterocycles. The number of ether oxygens (including phenoxy) is 1. The Bertz CT molecular complexity index is 710. The number of nitrogens with one attached hydrogen (secondary N) is 2. The molecule has 1 heterocycles. The monoisotopic (exact) mass is 332 g/mol. The minimum atomic E-state index is -0.481. The van der Waals surface area contributed by atoms with Gasteiger partial charge in [0, 0.05) is 11.4 Å². The maximum atomic E-state index is 12.0. The summed E-state index contributed by atoms with van der Waals surface area (Å²) < 4.78 is 4.70. The highest BCUT2D eigenvalue weighted by atomic mass is 32.1. The third kappa shape index (κ3) is 4.32. The maximum Gasteiger partial charge on any atom is 0.339 e. The van der Waals surface area contributed by atoms with Crippen LogP contribution in [0.4, 0.5) is 10.5 Å². The summed E-state index contributed by atoms with van der Waals surface area (Å²) in [6.07, 6.45) is 0.780. The number of aryl methyl sites for hydroxylation is 1. The molecule has 2 rings (SSSR count). The van der Waals surface area contributed by atoms with E-state index in [0.29, 0.717) is 17.8 Å². The van der Waals surface area contributed by atoms with E-state index in [4.69, 9.17) is 4.74 Å². The van der Waals surface area contributed by atoms with Gasteiger partial charge in [0.25, 0.3) is 0 Å². The summed E-state index contributed by atoms with van der Waals surface area (Å²) in [6, 6.07) is 6.40. The van der Waals surface area contributed by atoms with Crippen LogP contribution in [-0.4, -0.2) is 25.7 Å². The molecule has 0 aliphatic rings. The first-order chi connectivity index (χ1) is 11.0. The van der Waals surface area contributed by atoms with Gasteiger partial charge in [-0.15, -0.1) is 11.3 Å². The van der Waals surface area contributed by atoms with Crippen LogP contribution in [0.5, 0.6) is 0 Å². The molecule has 122 valence electrons. The molecule has 0 atom stereocenters. The first kappa shape index (κ1) is 17.0. The molecule has 2 aromatic rings. The Hall–Kier alpha value is -2.34. The van der Waals surface area contributed by atoms with E-state index in [2.05, 4.69) is 29.9 Å². The lowest BCUT2D eigenvalue weighted by molar-refractivity contribution is 0.0602. The van der Waals surface area contributed by atoms with Crippen molar-refractivity contribution < 1.29 is 14.3 Å². The van der Waals surface area contributed by atoms with Crippen molar-refractivity contribution in [2.75, 3.05) is 19.0 Å². The van der Waals surface area contributed by atoms with Crippen molar-refractivity contribution in [1.29, 1.82) is 0 Å².